The highest BCUT2D eigenvalue weighted by molar-refractivity contribution is 5.68. The first-order valence-electron chi connectivity index (χ1n) is 9.27. The molecule has 0 bridgehead atoms. The van der Waals surface area contributed by atoms with E-state index in [0.29, 0.717) is 5.92 Å². The van der Waals surface area contributed by atoms with Crippen molar-refractivity contribution >= 4 is 5.97 Å². The van der Waals surface area contributed by atoms with E-state index >= 15 is 0 Å². The Kier molecular flexibility index (Phi) is 4.98. The summed E-state index contributed by atoms with van der Waals surface area (Å²) >= 11 is 0. The van der Waals surface area contributed by atoms with Gasteiger partial charge in [0.25, 0.3) is 0 Å². The molecule has 0 amide bonds. The quantitative estimate of drug-likeness (QED) is 0.849. The Hall–Kier alpha value is -2.10. The van der Waals surface area contributed by atoms with Crippen LogP contribution in [0.25, 0.3) is 0 Å². The Morgan fingerprint density at radius 2 is 1.96 bits per heavy atom. The van der Waals surface area contributed by atoms with Gasteiger partial charge in [-0.15, -0.1) is 0 Å². The molecule has 0 saturated heterocycles. The first-order valence-corrected chi connectivity index (χ1v) is 9.27. The van der Waals surface area contributed by atoms with Crippen LogP contribution in [-0.4, -0.2) is 20.6 Å². The lowest BCUT2D eigenvalue weighted by molar-refractivity contribution is -0.137. The molecule has 25 heavy (non-hydrogen) atoms. The van der Waals surface area contributed by atoms with Gasteiger partial charge < -0.3 is 9.67 Å². The van der Waals surface area contributed by atoms with Crippen LogP contribution < -0.4 is 0 Å². The van der Waals surface area contributed by atoms with Crippen LogP contribution in [0.15, 0.2) is 24.3 Å². The molecule has 1 aromatic heterocycles. The molecule has 2 unspecified atom stereocenters. The summed E-state index contributed by atoms with van der Waals surface area (Å²) in [5.74, 6) is 0.730. The predicted octanol–water partition coefficient (Wildman–Crippen LogP) is 4.82. The summed E-state index contributed by atoms with van der Waals surface area (Å²) in [6.45, 7) is 8.62. The normalized spacial score (nSPS) is 18.2. The van der Waals surface area contributed by atoms with E-state index in [0.717, 1.165) is 36.5 Å². The molecule has 0 radical (unpaired) electrons. The van der Waals surface area contributed by atoms with Gasteiger partial charge in [0.1, 0.15) is 5.82 Å². The topological polar surface area (TPSA) is 55.1 Å². The number of aromatic nitrogens is 2. The van der Waals surface area contributed by atoms with Crippen molar-refractivity contribution in [2.75, 3.05) is 0 Å². The van der Waals surface area contributed by atoms with Gasteiger partial charge in [-0.25, -0.2) is 4.98 Å². The maximum atomic E-state index is 11.4. The molecule has 0 saturated carbocycles. The van der Waals surface area contributed by atoms with Crippen molar-refractivity contribution in [2.45, 2.75) is 71.3 Å². The fourth-order valence-corrected chi connectivity index (χ4v) is 4.00. The van der Waals surface area contributed by atoms with Gasteiger partial charge in [0.15, 0.2) is 0 Å². The van der Waals surface area contributed by atoms with Crippen molar-refractivity contribution in [3.05, 3.63) is 52.6 Å². The number of hydrogen-bond acceptors (Lipinski definition) is 2. The maximum absolute atomic E-state index is 11.4. The van der Waals surface area contributed by atoms with Gasteiger partial charge in [-0.1, -0.05) is 43.7 Å². The molecule has 4 heteroatoms. The second kappa shape index (κ2) is 7.03. The molecule has 2 atom stereocenters. The Morgan fingerprint density at radius 3 is 2.56 bits per heavy atom. The zero-order chi connectivity index (χ0) is 18.1. The minimum absolute atomic E-state index is 0.0640. The second-order valence-corrected chi connectivity index (χ2v) is 7.60. The lowest BCUT2D eigenvalue weighted by Gasteiger charge is -2.27. The van der Waals surface area contributed by atoms with Crippen molar-refractivity contribution in [3.63, 3.8) is 0 Å². The van der Waals surface area contributed by atoms with Crippen LogP contribution in [0.3, 0.4) is 0 Å². The van der Waals surface area contributed by atoms with Crippen LogP contribution in [0.2, 0.25) is 0 Å². The monoisotopic (exact) mass is 340 g/mol. The third kappa shape index (κ3) is 3.48. The van der Waals surface area contributed by atoms with E-state index in [4.69, 9.17) is 4.98 Å². The summed E-state index contributed by atoms with van der Waals surface area (Å²) in [4.78, 5) is 16.3. The smallest absolute Gasteiger partial charge is 0.304 e. The standard InChI is InChI=1S/C21H28N2O2/c1-13(2)21-22-18-7-5-6-17(12-19(24)25)20(18)23(21)15(4)16-10-8-14(3)9-11-16/h8-11,13,15,17H,5-7,12H2,1-4H3,(H,24,25). The first kappa shape index (κ1) is 17.7. The van der Waals surface area contributed by atoms with E-state index in [2.05, 4.69) is 56.5 Å². The third-order valence-corrected chi connectivity index (χ3v) is 5.29. The molecular formula is C21H28N2O2. The molecule has 1 heterocycles. The van der Waals surface area contributed by atoms with E-state index < -0.39 is 5.97 Å². The van der Waals surface area contributed by atoms with Gasteiger partial charge >= 0.3 is 5.97 Å². The third-order valence-electron chi connectivity index (χ3n) is 5.29. The van der Waals surface area contributed by atoms with Crippen molar-refractivity contribution in [2.24, 2.45) is 0 Å². The molecule has 1 aromatic carbocycles. The van der Waals surface area contributed by atoms with Crippen LogP contribution in [0.1, 0.15) is 86.3 Å². The highest BCUT2D eigenvalue weighted by Crippen LogP contribution is 2.39. The number of nitrogens with zero attached hydrogens (tertiary/aromatic N) is 2. The first-order chi connectivity index (χ1) is 11.9. The molecule has 0 fully saturated rings. The number of imidazole rings is 1. The number of carboxylic acid groups (broad SMARTS) is 1. The van der Waals surface area contributed by atoms with E-state index in [1.165, 1.54) is 11.1 Å². The average molecular weight is 340 g/mol. The van der Waals surface area contributed by atoms with Crippen LogP contribution in [0, 0.1) is 6.92 Å². The van der Waals surface area contributed by atoms with Crippen molar-refractivity contribution < 1.29 is 9.90 Å². The van der Waals surface area contributed by atoms with E-state index in [-0.39, 0.29) is 18.4 Å². The predicted molar refractivity (Wildman–Crippen MR) is 99.2 cm³/mol. The molecule has 3 rings (SSSR count). The van der Waals surface area contributed by atoms with E-state index in [1.807, 2.05) is 0 Å². The number of fused-ring (bicyclic) bond motifs is 1. The lowest BCUT2D eigenvalue weighted by atomic mass is 9.87. The number of carboxylic acids is 1. The van der Waals surface area contributed by atoms with Crippen LogP contribution in [0.4, 0.5) is 0 Å². The Labute approximate surface area is 149 Å². The SMILES string of the molecule is Cc1ccc(C(C)n2c(C(C)C)nc3c2C(CC(=O)O)CCC3)cc1. The summed E-state index contributed by atoms with van der Waals surface area (Å²) in [7, 11) is 0. The molecule has 2 aromatic rings. The average Bonchev–Trinajstić information content (AvgIpc) is 2.95. The zero-order valence-corrected chi connectivity index (χ0v) is 15.6. The zero-order valence-electron chi connectivity index (χ0n) is 15.6. The highest BCUT2D eigenvalue weighted by atomic mass is 16.4. The molecule has 4 nitrogen and oxygen atoms in total. The lowest BCUT2D eigenvalue weighted by Crippen LogP contribution is -2.21. The van der Waals surface area contributed by atoms with Crippen molar-refractivity contribution in [1.82, 2.24) is 9.55 Å². The van der Waals surface area contributed by atoms with Gasteiger partial charge in [-0.05, 0) is 38.7 Å². The molecular weight excluding hydrogens is 312 g/mol. The van der Waals surface area contributed by atoms with E-state index in [1.54, 1.807) is 0 Å². The van der Waals surface area contributed by atoms with Gasteiger partial charge in [-0.2, -0.15) is 0 Å². The number of rotatable bonds is 5. The van der Waals surface area contributed by atoms with Gasteiger partial charge in [0.05, 0.1) is 18.2 Å². The number of carbonyl (C=O) groups is 1. The summed E-state index contributed by atoms with van der Waals surface area (Å²) in [6.07, 6.45) is 3.11. The molecule has 134 valence electrons. The van der Waals surface area contributed by atoms with Gasteiger partial charge in [0, 0.05) is 17.5 Å². The highest BCUT2D eigenvalue weighted by Gasteiger charge is 2.32. The van der Waals surface area contributed by atoms with Crippen LogP contribution in [0.5, 0.6) is 0 Å². The fourth-order valence-electron chi connectivity index (χ4n) is 4.00. The second-order valence-electron chi connectivity index (χ2n) is 7.60. The Balaban J connectivity index is 2.11. The summed E-state index contributed by atoms with van der Waals surface area (Å²) in [6, 6.07) is 8.78. The van der Waals surface area contributed by atoms with Gasteiger partial charge in [-0.3, -0.25) is 4.79 Å². The molecule has 1 aliphatic carbocycles. The van der Waals surface area contributed by atoms with Crippen molar-refractivity contribution in [3.8, 4) is 0 Å². The fraction of sp³-hybridized carbons (Fsp3) is 0.524. The summed E-state index contributed by atoms with van der Waals surface area (Å²) in [5, 5.41) is 9.35. The molecule has 1 N–H and O–H groups in total. The Bertz CT molecular complexity index is 759. The molecule has 0 aliphatic heterocycles. The number of benzene rings is 1. The number of aryl methyl sites for hydroxylation is 2. The van der Waals surface area contributed by atoms with Crippen LogP contribution in [-0.2, 0) is 11.2 Å². The van der Waals surface area contributed by atoms with Gasteiger partial charge in [0.2, 0.25) is 0 Å². The van der Waals surface area contributed by atoms with Crippen LogP contribution >= 0.6 is 0 Å². The minimum Gasteiger partial charge on any atom is -0.481 e. The number of aliphatic carboxylic acids is 1. The molecule has 1 aliphatic rings. The largest absolute Gasteiger partial charge is 0.481 e. The Morgan fingerprint density at radius 1 is 1.28 bits per heavy atom. The summed E-state index contributed by atoms with van der Waals surface area (Å²) in [5.41, 5.74) is 4.76. The minimum atomic E-state index is -0.723. The number of hydrogen-bond donors (Lipinski definition) is 1. The summed E-state index contributed by atoms with van der Waals surface area (Å²) < 4.78 is 2.33. The molecule has 0 spiro atoms. The van der Waals surface area contributed by atoms with E-state index in [9.17, 15) is 9.90 Å². The van der Waals surface area contributed by atoms with Crippen molar-refractivity contribution in [1.29, 1.82) is 0 Å². The maximum Gasteiger partial charge on any atom is 0.304 e.